The van der Waals surface area contributed by atoms with Crippen molar-refractivity contribution >= 4 is 23.7 Å². The summed E-state index contributed by atoms with van der Waals surface area (Å²) in [7, 11) is 0. The summed E-state index contributed by atoms with van der Waals surface area (Å²) in [6.07, 6.45) is 0. The van der Waals surface area contributed by atoms with Gasteiger partial charge in [-0.25, -0.2) is 9.59 Å². The molecule has 0 spiro atoms. The van der Waals surface area contributed by atoms with E-state index in [1.807, 2.05) is 0 Å². The molecule has 0 atom stereocenters. The number of nitrogens with one attached hydrogen (secondary N) is 2. The van der Waals surface area contributed by atoms with Crippen LogP contribution in [0.3, 0.4) is 0 Å². The average molecular weight is 302 g/mol. The lowest BCUT2D eigenvalue weighted by atomic mass is 10.1. The highest BCUT2D eigenvalue weighted by Gasteiger charge is 2.31. The predicted octanol–water partition coefficient (Wildman–Crippen LogP) is 2.16. The average Bonchev–Trinajstić information content (AvgIpc) is 2.25. The van der Waals surface area contributed by atoms with Gasteiger partial charge in [0.2, 0.25) is 0 Å². The van der Waals surface area contributed by atoms with Crippen LogP contribution in [0, 0.1) is 10.8 Å². The Bertz CT molecular complexity index is 415. The minimum Gasteiger partial charge on any atom is -0.479 e. The lowest BCUT2D eigenvalue weighted by Crippen LogP contribution is -2.32. The molecule has 120 valence electrons. The van der Waals surface area contributed by atoms with Crippen LogP contribution in [0.15, 0.2) is 10.2 Å². The zero-order valence-corrected chi connectivity index (χ0v) is 13.0. The molecule has 0 fully saturated rings. The number of hydrogen-bond donors (Lipinski definition) is 4. The maximum absolute atomic E-state index is 10.6. The van der Waals surface area contributed by atoms with Gasteiger partial charge in [0.25, 0.3) is 0 Å². The molecule has 0 bridgehead atoms. The minimum atomic E-state index is -1.40. The molecule has 9 nitrogen and oxygen atoms in total. The summed E-state index contributed by atoms with van der Waals surface area (Å²) in [5.74, 6) is -2.18. The molecule has 0 radical (unpaired) electrons. The van der Waals surface area contributed by atoms with Crippen molar-refractivity contribution < 1.29 is 24.5 Å². The normalized spacial score (nSPS) is 11.3. The molecule has 0 saturated heterocycles. The van der Waals surface area contributed by atoms with Crippen LogP contribution >= 0.6 is 0 Å². The lowest BCUT2D eigenvalue weighted by molar-refractivity contribution is -0.144. The van der Waals surface area contributed by atoms with Gasteiger partial charge in [0.15, 0.2) is 22.9 Å². The Kier molecular flexibility index (Phi) is 8.07. The van der Waals surface area contributed by atoms with Crippen LogP contribution in [0.1, 0.15) is 41.5 Å². The van der Waals surface area contributed by atoms with E-state index in [2.05, 4.69) is 15.0 Å². The van der Waals surface area contributed by atoms with Crippen molar-refractivity contribution in [3.63, 3.8) is 0 Å². The number of carboxylic acids is 2. The molecule has 0 saturated carbocycles. The summed E-state index contributed by atoms with van der Waals surface area (Å²) in [5, 5.41) is 37.7. The second kappa shape index (κ2) is 8.08. The highest BCUT2D eigenvalue weighted by Crippen LogP contribution is 2.15. The van der Waals surface area contributed by atoms with E-state index in [9.17, 15) is 9.59 Å². The molecule has 4 N–H and O–H groups in total. The molecule has 0 aromatic rings. The number of aliphatic carboxylic acids is 2. The van der Waals surface area contributed by atoms with Crippen molar-refractivity contribution in [2.75, 3.05) is 0 Å². The van der Waals surface area contributed by atoms with Crippen LogP contribution in [-0.4, -0.2) is 45.0 Å². The van der Waals surface area contributed by atoms with E-state index in [-0.39, 0.29) is 11.8 Å². The SMILES string of the molecule is CC(=N)OC(C)=N.CC(C)(N=NC(C)(C)C(=O)O)C(=O)O. The third-order valence-corrected chi connectivity index (χ3v) is 1.90. The fourth-order valence-electron chi connectivity index (χ4n) is 0.565. The van der Waals surface area contributed by atoms with Crippen molar-refractivity contribution in [1.82, 2.24) is 0 Å². The Balaban J connectivity index is 0. The molecule has 0 unspecified atom stereocenters. The Morgan fingerprint density at radius 2 is 1.10 bits per heavy atom. The summed E-state index contributed by atoms with van der Waals surface area (Å²) in [6, 6.07) is 0. The minimum absolute atomic E-state index is 0.0625. The monoisotopic (exact) mass is 302 g/mol. The van der Waals surface area contributed by atoms with E-state index in [1.165, 1.54) is 41.5 Å². The standard InChI is InChI=1S/C8H14N2O4.C4H8N2O/c1-7(2,5(11)12)9-10-8(3,4)6(13)14;1-3(5)7-4(2)6/h1-4H3,(H,11,12)(H,13,14);5-6H,1-2H3. The molecular formula is C12H22N4O5. The maximum Gasteiger partial charge on any atom is 0.332 e. The first-order chi connectivity index (χ1) is 9.22. The van der Waals surface area contributed by atoms with Crippen molar-refractivity contribution in [1.29, 1.82) is 10.8 Å². The Morgan fingerprint density at radius 3 is 1.19 bits per heavy atom. The third-order valence-electron chi connectivity index (χ3n) is 1.90. The number of azo groups is 1. The fraction of sp³-hybridized carbons (Fsp3) is 0.667. The van der Waals surface area contributed by atoms with Gasteiger partial charge in [0.1, 0.15) is 0 Å². The molecule has 0 aromatic carbocycles. The molecule has 0 rings (SSSR count). The van der Waals surface area contributed by atoms with E-state index in [4.69, 9.17) is 21.0 Å². The largest absolute Gasteiger partial charge is 0.479 e. The van der Waals surface area contributed by atoms with Crippen LogP contribution in [0.4, 0.5) is 0 Å². The smallest absolute Gasteiger partial charge is 0.332 e. The molecule has 0 aliphatic heterocycles. The first-order valence-electron chi connectivity index (χ1n) is 5.91. The molecule has 9 heteroatoms. The first kappa shape index (κ1) is 21.0. The Hall–Kier alpha value is -2.32. The van der Waals surface area contributed by atoms with Gasteiger partial charge < -0.3 is 14.9 Å². The van der Waals surface area contributed by atoms with Gasteiger partial charge >= 0.3 is 11.9 Å². The van der Waals surface area contributed by atoms with Crippen LogP contribution in [0.25, 0.3) is 0 Å². The molecule has 0 aliphatic rings. The van der Waals surface area contributed by atoms with Gasteiger partial charge in [0, 0.05) is 13.8 Å². The van der Waals surface area contributed by atoms with Gasteiger partial charge in [-0.15, -0.1) is 0 Å². The molecular weight excluding hydrogens is 280 g/mol. The van der Waals surface area contributed by atoms with Crippen molar-refractivity contribution in [3.05, 3.63) is 0 Å². The van der Waals surface area contributed by atoms with Crippen LogP contribution in [0.5, 0.6) is 0 Å². The highest BCUT2D eigenvalue weighted by molar-refractivity contribution is 5.85. The molecule has 0 aliphatic carbocycles. The van der Waals surface area contributed by atoms with E-state index < -0.39 is 23.0 Å². The van der Waals surface area contributed by atoms with Gasteiger partial charge in [-0.1, -0.05) is 0 Å². The lowest BCUT2D eigenvalue weighted by Gasteiger charge is -2.16. The number of rotatable bonds is 4. The zero-order valence-electron chi connectivity index (χ0n) is 13.0. The molecule has 0 aromatic heterocycles. The van der Waals surface area contributed by atoms with Crippen LogP contribution < -0.4 is 0 Å². The topological polar surface area (TPSA) is 156 Å². The van der Waals surface area contributed by atoms with E-state index >= 15 is 0 Å². The molecule has 21 heavy (non-hydrogen) atoms. The summed E-state index contributed by atoms with van der Waals surface area (Å²) >= 11 is 0. The van der Waals surface area contributed by atoms with E-state index in [0.29, 0.717) is 0 Å². The summed E-state index contributed by atoms with van der Waals surface area (Å²) < 4.78 is 4.42. The Labute approximate surface area is 123 Å². The summed E-state index contributed by atoms with van der Waals surface area (Å²) in [4.78, 5) is 21.2. The molecule has 0 heterocycles. The number of hydrogen-bond acceptors (Lipinski definition) is 7. The van der Waals surface area contributed by atoms with Crippen molar-refractivity contribution in [2.24, 2.45) is 10.2 Å². The number of nitrogens with zero attached hydrogens (tertiary/aromatic N) is 2. The van der Waals surface area contributed by atoms with Crippen LogP contribution in [0.2, 0.25) is 0 Å². The first-order valence-corrected chi connectivity index (χ1v) is 5.91. The second-order valence-corrected chi connectivity index (χ2v) is 5.14. The maximum atomic E-state index is 10.6. The fourth-order valence-corrected chi connectivity index (χ4v) is 0.565. The van der Waals surface area contributed by atoms with Crippen LogP contribution in [-0.2, 0) is 14.3 Å². The third kappa shape index (κ3) is 10.2. The van der Waals surface area contributed by atoms with E-state index in [0.717, 1.165) is 0 Å². The summed E-state index contributed by atoms with van der Waals surface area (Å²) in [5.41, 5.74) is -2.79. The van der Waals surface area contributed by atoms with E-state index in [1.54, 1.807) is 0 Å². The quantitative estimate of drug-likeness (QED) is 0.355. The second-order valence-electron chi connectivity index (χ2n) is 5.14. The van der Waals surface area contributed by atoms with Gasteiger partial charge in [0.05, 0.1) is 0 Å². The van der Waals surface area contributed by atoms with Gasteiger partial charge in [-0.2, -0.15) is 10.2 Å². The summed E-state index contributed by atoms with van der Waals surface area (Å²) in [6.45, 7) is 8.34. The highest BCUT2D eigenvalue weighted by atomic mass is 16.5. The predicted molar refractivity (Wildman–Crippen MR) is 76.2 cm³/mol. The van der Waals surface area contributed by atoms with Gasteiger partial charge in [-0.3, -0.25) is 10.8 Å². The molecule has 0 amide bonds. The zero-order chi connectivity index (χ0) is 17.4. The number of carboxylic acid groups (broad SMARTS) is 2. The number of ether oxygens (including phenoxy) is 1. The Morgan fingerprint density at radius 1 is 0.857 bits per heavy atom. The van der Waals surface area contributed by atoms with Crippen molar-refractivity contribution in [3.8, 4) is 0 Å². The van der Waals surface area contributed by atoms with Gasteiger partial charge in [-0.05, 0) is 27.7 Å². The number of carbonyl (C=O) groups is 2. The van der Waals surface area contributed by atoms with Crippen molar-refractivity contribution in [2.45, 2.75) is 52.6 Å².